The molecule has 0 radical (unpaired) electrons. The molecule has 0 N–H and O–H groups in total. The van der Waals surface area contributed by atoms with Gasteiger partial charge in [-0.25, -0.2) is 4.79 Å². The standard InChI is InChI=1S/C19H20O5/c1-13(20)18(19(21)24-9-8-22-2)11-14-4-5-16-12-17(23-3)7-6-15(16)10-14/h4-7,10-12H,8-9H2,1-3H3/b18-11+. The molecule has 0 aliphatic carbocycles. The Morgan fingerprint density at radius 1 is 1.00 bits per heavy atom. The molecule has 0 heterocycles. The summed E-state index contributed by atoms with van der Waals surface area (Å²) < 4.78 is 15.1. The molecule has 126 valence electrons. The molecule has 0 bridgehead atoms. The van der Waals surface area contributed by atoms with Gasteiger partial charge in [-0.15, -0.1) is 0 Å². The molecule has 2 rings (SSSR count). The average Bonchev–Trinajstić information content (AvgIpc) is 2.58. The van der Waals surface area contributed by atoms with Gasteiger partial charge in [-0.05, 0) is 47.5 Å². The van der Waals surface area contributed by atoms with Crippen LogP contribution in [0.2, 0.25) is 0 Å². The predicted octanol–water partition coefficient (Wildman–Crippen LogP) is 3.01. The third-order valence-electron chi connectivity index (χ3n) is 3.50. The molecule has 5 nitrogen and oxygen atoms in total. The minimum Gasteiger partial charge on any atom is -0.497 e. The fourth-order valence-electron chi connectivity index (χ4n) is 2.23. The van der Waals surface area contributed by atoms with Crippen LogP contribution in [0.3, 0.4) is 0 Å². The normalized spacial score (nSPS) is 11.4. The van der Waals surface area contributed by atoms with Gasteiger partial charge in [0.2, 0.25) is 0 Å². The Hall–Kier alpha value is -2.66. The van der Waals surface area contributed by atoms with Crippen molar-refractivity contribution in [1.82, 2.24) is 0 Å². The first kappa shape index (κ1) is 17.7. The summed E-state index contributed by atoms with van der Waals surface area (Å²) in [6.45, 7) is 1.74. The van der Waals surface area contributed by atoms with Gasteiger partial charge in [-0.1, -0.05) is 18.2 Å². The van der Waals surface area contributed by atoms with E-state index in [0.29, 0.717) is 0 Å². The number of hydrogen-bond donors (Lipinski definition) is 0. The Morgan fingerprint density at radius 3 is 2.38 bits per heavy atom. The van der Waals surface area contributed by atoms with Crippen LogP contribution < -0.4 is 4.74 Å². The lowest BCUT2D eigenvalue weighted by Gasteiger charge is -2.07. The van der Waals surface area contributed by atoms with Gasteiger partial charge in [0.05, 0.1) is 13.7 Å². The Kier molecular flexibility index (Phi) is 6.09. The fourth-order valence-corrected chi connectivity index (χ4v) is 2.23. The molecule has 0 amide bonds. The second kappa shape index (κ2) is 8.26. The molecule has 2 aromatic rings. The van der Waals surface area contributed by atoms with Crippen LogP contribution in [0.5, 0.6) is 5.75 Å². The molecule has 0 aromatic heterocycles. The molecule has 0 saturated carbocycles. The molecule has 0 fully saturated rings. The van der Waals surface area contributed by atoms with Crippen molar-refractivity contribution in [3.05, 3.63) is 47.5 Å². The van der Waals surface area contributed by atoms with Crippen LogP contribution in [0, 0.1) is 0 Å². The van der Waals surface area contributed by atoms with Crippen LogP contribution in [0.15, 0.2) is 42.0 Å². The van der Waals surface area contributed by atoms with Crippen molar-refractivity contribution in [2.75, 3.05) is 27.4 Å². The molecular formula is C19H20O5. The van der Waals surface area contributed by atoms with Crippen molar-refractivity contribution in [3.8, 4) is 5.75 Å². The number of methoxy groups -OCH3 is 2. The summed E-state index contributed by atoms with van der Waals surface area (Å²) in [5.74, 6) is -0.210. The van der Waals surface area contributed by atoms with Crippen LogP contribution in [0.25, 0.3) is 16.8 Å². The van der Waals surface area contributed by atoms with Crippen LogP contribution in [-0.2, 0) is 19.1 Å². The maximum atomic E-state index is 12.0. The largest absolute Gasteiger partial charge is 0.497 e. The van der Waals surface area contributed by atoms with Gasteiger partial charge in [0.15, 0.2) is 5.78 Å². The minimum atomic E-state index is -0.644. The number of esters is 1. The van der Waals surface area contributed by atoms with E-state index in [1.165, 1.54) is 14.0 Å². The Bertz CT molecular complexity index is 776. The van der Waals surface area contributed by atoms with Crippen LogP contribution >= 0.6 is 0 Å². The molecule has 0 aliphatic heterocycles. The number of carbonyl (C=O) groups excluding carboxylic acids is 2. The lowest BCUT2D eigenvalue weighted by molar-refractivity contribution is -0.141. The quantitative estimate of drug-likeness (QED) is 0.257. The molecule has 0 atom stereocenters. The number of rotatable bonds is 7. The summed E-state index contributed by atoms with van der Waals surface area (Å²) in [5.41, 5.74) is 0.764. The van der Waals surface area contributed by atoms with E-state index >= 15 is 0 Å². The Labute approximate surface area is 140 Å². The van der Waals surface area contributed by atoms with E-state index in [4.69, 9.17) is 14.2 Å². The highest BCUT2D eigenvalue weighted by Crippen LogP contribution is 2.23. The van der Waals surface area contributed by atoms with Crippen molar-refractivity contribution in [1.29, 1.82) is 0 Å². The number of carbonyl (C=O) groups is 2. The third kappa shape index (κ3) is 4.43. The number of fused-ring (bicyclic) bond motifs is 1. The zero-order valence-electron chi connectivity index (χ0n) is 14.0. The second-order valence-electron chi connectivity index (χ2n) is 5.22. The summed E-state index contributed by atoms with van der Waals surface area (Å²) in [6, 6.07) is 11.4. The maximum Gasteiger partial charge on any atom is 0.341 e. The van der Waals surface area contributed by atoms with Gasteiger partial charge in [-0.3, -0.25) is 4.79 Å². The summed E-state index contributed by atoms with van der Waals surface area (Å²) >= 11 is 0. The topological polar surface area (TPSA) is 61.8 Å². The highest BCUT2D eigenvalue weighted by Gasteiger charge is 2.16. The summed E-state index contributed by atoms with van der Waals surface area (Å²) in [4.78, 5) is 23.8. The van der Waals surface area contributed by atoms with Crippen molar-refractivity contribution in [3.63, 3.8) is 0 Å². The molecule has 0 spiro atoms. The SMILES string of the molecule is COCCOC(=O)/C(=C/c1ccc2cc(OC)ccc2c1)C(C)=O. The molecule has 0 aliphatic rings. The lowest BCUT2D eigenvalue weighted by Crippen LogP contribution is -2.16. The molecule has 24 heavy (non-hydrogen) atoms. The molecule has 0 saturated heterocycles. The Balaban J connectivity index is 2.29. The molecule has 0 unspecified atom stereocenters. The zero-order valence-corrected chi connectivity index (χ0v) is 14.0. The number of ether oxygens (including phenoxy) is 3. The zero-order chi connectivity index (χ0) is 17.5. The Morgan fingerprint density at radius 2 is 1.71 bits per heavy atom. The lowest BCUT2D eigenvalue weighted by atomic mass is 10.0. The van der Waals surface area contributed by atoms with Crippen molar-refractivity contribution < 1.29 is 23.8 Å². The van der Waals surface area contributed by atoms with Crippen molar-refractivity contribution in [2.24, 2.45) is 0 Å². The number of benzene rings is 2. The van der Waals surface area contributed by atoms with E-state index in [9.17, 15) is 9.59 Å². The second-order valence-corrected chi connectivity index (χ2v) is 5.22. The summed E-state index contributed by atoms with van der Waals surface area (Å²) in [5, 5.41) is 2.00. The highest BCUT2D eigenvalue weighted by atomic mass is 16.6. The number of Topliss-reactive ketones (excluding diaryl/α,β-unsaturated/α-hetero) is 1. The van der Waals surface area contributed by atoms with Gasteiger partial charge in [0.1, 0.15) is 17.9 Å². The van der Waals surface area contributed by atoms with Crippen LogP contribution in [0.1, 0.15) is 12.5 Å². The first-order valence-electron chi connectivity index (χ1n) is 7.51. The summed E-state index contributed by atoms with van der Waals surface area (Å²) in [6.07, 6.45) is 1.54. The fraction of sp³-hybridized carbons (Fsp3) is 0.263. The minimum absolute atomic E-state index is 0.0129. The van der Waals surface area contributed by atoms with Gasteiger partial charge >= 0.3 is 5.97 Å². The molecule has 2 aromatic carbocycles. The van der Waals surface area contributed by atoms with E-state index in [1.54, 1.807) is 13.2 Å². The van der Waals surface area contributed by atoms with E-state index < -0.39 is 5.97 Å². The highest BCUT2D eigenvalue weighted by molar-refractivity contribution is 6.19. The van der Waals surface area contributed by atoms with E-state index in [-0.39, 0.29) is 24.6 Å². The predicted molar refractivity (Wildman–Crippen MR) is 92.0 cm³/mol. The van der Waals surface area contributed by atoms with Gasteiger partial charge in [-0.2, -0.15) is 0 Å². The molecule has 5 heteroatoms. The maximum absolute atomic E-state index is 12.0. The summed E-state index contributed by atoms with van der Waals surface area (Å²) in [7, 11) is 3.13. The number of ketones is 1. The van der Waals surface area contributed by atoms with Gasteiger partial charge in [0, 0.05) is 7.11 Å². The van der Waals surface area contributed by atoms with Gasteiger partial charge < -0.3 is 14.2 Å². The van der Waals surface area contributed by atoms with E-state index in [1.807, 2.05) is 36.4 Å². The first-order chi connectivity index (χ1) is 11.5. The van der Waals surface area contributed by atoms with E-state index in [2.05, 4.69) is 0 Å². The molecular weight excluding hydrogens is 308 g/mol. The first-order valence-corrected chi connectivity index (χ1v) is 7.51. The average molecular weight is 328 g/mol. The van der Waals surface area contributed by atoms with Gasteiger partial charge in [0.25, 0.3) is 0 Å². The van der Waals surface area contributed by atoms with Crippen LogP contribution in [-0.4, -0.2) is 39.2 Å². The smallest absolute Gasteiger partial charge is 0.341 e. The monoisotopic (exact) mass is 328 g/mol. The van der Waals surface area contributed by atoms with E-state index in [0.717, 1.165) is 22.1 Å². The van der Waals surface area contributed by atoms with Crippen LogP contribution in [0.4, 0.5) is 0 Å². The number of hydrogen-bond acceptors (Lipinski definition) is 5. The van der Waals surface area contributed by atoms with Crippen molar-refractivity contribution >= 4 is 28.6 Å². The third-order valence-corrected chi connectivity index (χ3v) is 3.50. The van der Waals surface area contributed by atoms with Crippen molar-refractivity contribution in [2.45, 2.75) is 6.92 Å².